The fraction of sp³-hybridized carbons (Fsp3) is 0.667. The molecule has 1 unspecified atom stereocenters. The van der Waals surface area contributed by atoms with Crippen molar-refractivity contribution in [2.75, 3.05) is 6.54 Å². The molecule has 3 heteroatoms. The fourth-order valence-electron chi connectivity index (χ4n) is 1.82. The summed E-state index contributed by atoms with van der Waals surface area (Å²) < 4.78 is 5.46. The number of rotatable bonds is 6. The van der Waals surface area contributed by atoms with Crippen molar-refractivity contribution in [3.63, 3.8) is 0 Å². The van der Waals surface area contributed by atoms with Crippen LogP contribution in [0.25, 0.3) is 0 Å². The van der Waals surface area contributed by atoms with Crippen LogP contribution in [0.15, 0.2) is 16.5 Å². The molecule has 2 rings (SSSR count). The topological polar surface area (TPSA) is 51.2 Å². The number of aryl methyl sites for hydroxylation is 1. The summed E-state index contributed by atoms with van der Waals surface area (Å²) >= 11 is 0. The summed E-state index contributed by atoms with van der Waals surface area (Å²) in [6.07, 6.45) is 3.74. The van der Waals surface area contributed by atoms with E-state index in [4.69, 9.17) is 10.2 Å². The molecule has 0 spiro atoms. The van der Waals surface area contributed by atoms with Gasteiger partial charge in [-0.3, -0.25) is 0 Å². The Labute approximate surface area is 91.0 Å². The van der Waals surface area contributed by atoms with Gasteiger partial charge in [-0.05, 0) is 50.8 Å². The highest BCUT2D eigenvalue weighted by Crippen LogP contribution is 2.32. The SMILES string of the molecule is Cc1ccc(CNCCC(N)C2CC2)o1. The number of nitrogens with one attached hydrogen (secondary N) is 1. The maximum Gasteiger partial charge on any atom is 0.117 e. The summed E-state index contributed by atoms with van der Waals surface area (Å²) in [7, 11) is 0. The second-order valence-corrected chi connectivity index (χ2v) is 4.48. The highest BCUT2D eigenvalue weighted by atomic mass is 16.3. The monoisotopic (exact) mass is 208 g/mol. The van der Waals surface area contributed by atoms with Crippen molar-refractivity contribution in [3.8, 4) is 0 Å². The lowest BCUT2D eigenvalue weighted by Gasteiger charge is -2.09. The lowest BCUT2D eigenvalue weighted by atomic mass is 10.1. The molecule has 0 aromatic carbocycles. The number of furan rings is 1. The van der Waals surface area contributed by atoms with E-state index in [1.807, 2.05) is 19.1 Å². The molecular formula is C12H20N2O. The largest absolute Gasteiger partial charge is 0.465 e. The number of nitrogens with two attached hydrogens (primary N) is 1. The zero-order chi connectivity index (χ0) is 10.7. The Hall–Kier alpha value is -0.800. The molecule has 1 saturated carbocycles. The zero-order valence-electron chi connectivity index (χ0n) is 9.33. The molecule has 1 aromatic heterocycles. The van der Waals surface area contributed by atoms with Crippen molar-refractivity contribution in [2.45, 2.75) is 38.8 Å². The van der Waals surface area contributed by atoms with Crippen molar-refractivity contribution in [1.29, 1.82) is 0 Å². The highest BCUT2D eigenvalue weighted by molar-refractivity contribution is 5.05. The van der Waals surface area contributed by atoms with E-state index in [2.05, 4.69) is 5.32 Å². The van der Waals surface area contributed by atoms with Crippen molar-refractivity contribution in [2.24, 2.45) is 11.7 Å². The van der Waals surface area contributed by atoms with Gasteiger partial charge in [0.25, 0.3) is 0 Å². The Morgan fingerprint density at radius 3 is 2.93 bits per heavy atom. The fourth-order valence-corrected chi connectivity index (χ4v) is 1.82. The standard InChI is InChI=1S/C12H20N2O/c1-9-2-5-11(15-9)8-14-7-6-12(13)10-3-4-10/h2,5,10,12,14H,3-4,6-8,13H2,1H3. The van der Waals surface area contributed by atoms with Gasteiger partial charge in [-0.25, -0.2) is 0 Å². The van der Waals surface area contributed by atoms with E-state index in [0.29, 0.717) is 6.04 Å². The van der Waals surface area contributed by atoms with Gasteiger partial charge in [-0.1, -0.05) is 0 Å². The predicted octanol–water partition coefficient (Wildman–Crippen LogP) is 1.81. The van der Waals surface area contributed by atoms with Crippen molar-refractivity contribution in [3.05, 3.63) is 23.7 Å². The Kier molecular flexibility index (Phi) is 3.44. The van der Waals surface area contributed by atoms with Crippen LogP contribution in [0.3, 0.4) is 0 Å². The minimum atomic E-state index is 0.399. The van der Waals surface area contributed by atoms with E-state index in [0.717, 1.165) is 36.9 Å². The van der Waals surface area contributed by atoms with E-state index in [1.54, 1.807) is 0 Å². The molecule has 1 fully saturated rings. The van der Waals surface area contributed by atoms with Gasteiger partial charge < -0.3 is 15.5 Å². The maximum atomic E-state index is 6.00. The molecular weight excluding hydrogens is 188 g/mol. The summed E-state index contributed by atoms with van der Waals surface area (Å²) in [6, 6.07) is 4.41. The molecule has 84 valence electrons. The lowest BCUT2D eigenvalue weighted by Crippen LogP contribution is -2.28. The van der Waals surface area contributed by atoms with Crippen LogP contribution in [0.1, 0.15) is 30.8 Å². The van der Waals surface area contributed by atoms with E-state index in [9.17, 15) is 0 Å². The van der Waals surface area contributed by atoms with Gasteiger partial charge in [0.2, 0.25) is 0 Å². The summed E-state index contributed by atoms with van der Waals surface area (Å²) in [5.41, 5.74) is 6.00. The molecule has 3 nitrogen and oxygen atoms in total. The molecule has 1 aliphatic rings. The third-order valence-corrected chi connectivity index (χ3v) is 2.98. The van der Waals surface area contributed by atoms with Gasteiger partial charge in [-0.15, -0.1) is 0 Å². The van der Waals surface area contributed by atoms with E-state index in [1.165, 1.54) is 12.8 Å². The van der Waals surface area contributed by atoms with Crippen LogP contribution in [0.4, 0.5) is 0 Å². The normalized spacial score (nSPS) is 18.0. The lowest BCUT2D eigenvalue weighted by molar-refractivity contribution is 0.449. The average molecular weight is 208 g/mol. The quantitative estimate of drug-likeness (QED) is 0.701. The van der Waals surface area contributed by atoms with Gasteiger partial charge in [-0.2, -0.15) is 0 Å². The molecule has 0 saturated heterocycles. The van der Waals surface area contributed by atoms with Crippen LogP contribution in [0.5, 0.6) is 0 Å². The Morgan fingerprint density at radius 1 is 1.53 bits per heavy atom. The Balaban J connectivity index is 1.58. The Morgan fingerprint density at radius 2 is 2.33 bits per heavy atom. The minimum absolute atomic E-state index is 0.399. The van der Waals surface area contributed by atoms with Crippen molar-refractivity contribution in [1.82, 2.24) is 5.32 Å². The van der Waals surface area contributed by atoms with Gasteiger partial charge >= 0.3 is 0 Å². The molecule has 3 N–H and O–H groups in total. The third-order valence-electron chi connectivity index (χ3n) is 2.98. The smallest absolute Gasteiger partial charge is 0.117 e. The molecule has 1 aromatic rings. The summed E-state index contributed by atoms with van der Waals surface area (Å²) in [5, 5.41) is 3.35. The summed E-state index contributed by atoms with van der Waals surface area (Å²) in [6.45, 7) is 3.76. The predicted molar refractivity (Wildman–Crippen MR) is 60.5 cm³/mol. The first-order chi connectivity index (χ1) is 7.25. The first-order valence-corrected chi connectivity index (χ1v) is 5.77. The average Bonchev–Trinajstić information content (AvgIpc) is 2.98. The van der Waals surface area contributed by atoms with Crippen molar-refractivity contribution >= 4 is 0 Å². The minimum Gasteiger partial charge on any atom is -0.465 e. The number of hydrogen-bond acceptors (Lipinski definition) is 3. The maximum absolute atomic E-state index is 6.00. The molecule has 0 radical (unpaired) electrons. The second kappa shape index (κ2) is 4.81. The van der Waals surface area contributed by atoms with E-state index in [-0.39, 0.29) is 0 Å². The third kappa shape index (κ3) is 3.36. The summed E-state index contributed by atoms with van der Waals surface area (Å²) in [5.74, 6) is 2.78. The first-order valence-electron chi connectivity index (χ1n) is 5.77. The van der Waals surface area contributed by atoms with E-state index < -0.39 is 0 Å². The molecule has 1 heterocycles. The molecule has 1 aliphatic carbocycles. The van der Waals surface area contributed by atoms with Gasteiger partial charge in [0, 0.05) is 6.04 Å². The molecule has 0 bridgehead atoms. The highest BCUT2D eigenvalue weighted by Gasteiger charge is 2.27. The van der Waals surface area contributed by atoms with Crippen molar-refractivity contribution < 1.29 is 4.42 Å². The first kappa shape index (κ1) is 10.7. The molecule has 0 amide bonds. The van der Waals surface area contributed by atoms with Crippen LogP contribution in [-0.2, 0) is 6.54 Å². The zero-order valence-corrected chi connectivity index (χ0v) is 9.33. The molecule has 0 aliphatic heterocycles. The van der Waals surface area contributed by atoms with Crippen LogP contribution in [0.2, 0.25) is 0 Å². The molecule has 15 heavy (non-hydrogen) atoms. The number of hydrogen-bond donors (Lipinski definition) is 2. The Bertz CT molecular complexity index is 304. The van der Waals surface area contributed by atoms with Gasteiger partial charge in [0.15, 0.2) is 0 Å². The van der Waals surface area contributed by atoms with Crippen LogP contribution in [0, 0.1) is 12.8 Å². The molecule has 1 atom stereocenters. The van der Waals surface area contributed by atoms with Gasteiger partial charge in [0.05, 0.1) is 6.54 Å². The summed E-state index contributed by atoms with van der Waals surface area (Å²) in [4.78, 5) is 0. The van der Waals surface area contributed by atoms with Crippen LogP contribution >= 0.6 is 0 Å². The van der Waals surface area contributed by atoms with Crippen LogP contribution in [-0.4, -0.2) is 12.6 Å². The van der Waals surface area contributed by atoms with Crippen LogP contribution < -0.4 is 11.1 Å². The second-order valence-electron chi connectivity index (χ2n) is 4.48. The van der Waals surface area contributed by atoms with E-state index >= 15 is 0 Å². The van der Waals surface area contributed by atoms with Gasteiger partial charge in [0.1, 0.15) is 11.5 Å².